The Balaban J connectivity index is 2.35. The van der Waals surface area contributed by atoms with Gasteiger partial charge in [-0.25, -0.2) is 0 Å². The van der Waals surface area contributed by atoms with E-state index in [9.17, 15) is 4.79 Å². The van der Waals surface area contributed by atoms with Crippen LogP contribution in [0.5, 0.6) is 0 Å². The average Bonchev–Trinajstić information content (AvgIpc) is 2.48. The summed E-state index contributed by atoms with van der Waals surface area (Å²) >= 11 is 2.69. The average molecular weight is 216 g/mol. The molecule has 4 heteroatoms. The van der Waals surface area contributed by atoms with E-state index in [4.69, 9.17) is 4.42 Å². The third-order valence-corrected chi connectivity index (χ3v) is 3.50. The van der Waals surface area contributed by atoms with Gasteiger partial charge in [0.2, 0.25) is 4.45 Å². The molecular formula is C9H12O2S2. The summed E-state index contributed by atoms with van der Waals surface area (Å²) in [6.07, 6.45) is 1.66. The van der Waals surface area contributed by atoms with Crippen LogP contribution in [0.25, 0.3) is 0 Å². The Morgan fingerprint density at radius 3 is 2.85 bits per heavy atom. The molecule has 0 aromatic carbocycles. The smallest absolute Gasteiger partial charge is 0.246 e. The Morgan fingerprint density at radius 2 is 2.31 bits per heavy atom. The van der Waals surface area contributed by atoms with E-state index >= 15 is 0 Å². The van der Waals surface area contributed by atoms with E-state index in [-0.39, 0.29) is 4.45 Å². The molecule has 1 aromatic rings. The zero-order valence-corrected chi connectivity index (χ0v) is 9.33. The number of rotatable bonds is 3. The first-order valence-corrected chi connectivity index (χ1v) is 6.03. The van der Waals surface area contributed by atoms with Gasteiger partial charge in [-0.2, -0.15) is 0 Å². The Labute approximate surface area is 86.5 Å². The molecule has 72 valence electrons. The van der Waals surface area contributed by atoms with Gasteiger partial charge in [-0.15, -0.1) is 0 Å². The fourth-order valence-corrected chi connectivity index (χ4v) is 2.53. The first-order valence-electron chi connectivity index (χ1n) is 4.06. The summed E-state index contributed by atoms with van der Waals surface area (Å²) in [5, 5.41) is 0. The predicted octanol–water partition coefficient (Wildman–Crippen LogP) is 3.69. The van der Waals surface area contributed by atoms with Crippen LogP contribution in [0.2, 0.25) is 0 Å². The number of hydrogen-bond acceptors (Lipinski definition) is 4. The molecule has 0 unspecified atom stereocenters. The van der Waals surface area contributed by atoms with Crippen molar-refractivity contribution in [2.24, 2.45) is 0 Å². The molecule has 0 aliphatic heterocycles. The van der Waals surface area contributed by atoms with Crippen molar-refractivity contribution in [1.82, 2.24) is 0 Å². The van der Waals surface area contributed by atoms with Gasteiger partial charge in [-0.05, 0) is 18.7 Å². The third-order valence-electron chi connectivity index (χ3n) is 1.57. The molecule has 0 aliphatic carbocycles. The van der Waals surface area contributed by atoms with Gasteiger partial charge in [0.25, 0.3) is 0 Å². The molecule has 0 aliphatic rings. The summed E-state index contributed by atoms with van der Waals surface area (Å²) in [5.41, 5.74) is 1.11. The maximum Gasteiger partial charge on any atom is 0.246 e. The van der Waals surface area contributed by atoms with Gasteiger partial charge in [0.1, 0.15) is 5.76 Å². The molecule has 0 spiro atoms. The van der Waals surface area contributed by atoms with Crippen LogP contribution in [0, 0.1) is 6.92 Å². The summed E-state index contributed by atoms with van der Waals surface area (Å²) in [5.74, 6) is 2.46. The third kappa shape index (κ3) is 3.48. The minimum Gasteiger partial charge on any atom is -0.469 e. The molecule has 0 atom stereocenters. The van der Waals surface area contributed by atoms with E-state index in [0.29, 0.717) is 5.75 Å². The number of aryl methyl sites for hydroxylation is 1. The summed E-state index contributed by atoms with van der Waals surface area (Å²) in [6, 6.07) is 1.91. The first kappa shape index (κ1) is 10.7. The van der Waals surface area contributed by atoms with Crippen molar-refractivity contribution in [3.05, 3.63) is 23.7 Å². The van der Waals surface area contributed by atoms with Gasteiger partial charge < -0.3 is 4.42 Å². The standard InChI is InChI=1S/C9H12O2S2/c1-3-12-9(10)13-6-8-4-5-11-7(8)2/h4-5H,3,6H2,1-2H3. The molecule has 0 bridgehead atoms. The molecule has 1 aromatic heterocycles. The van der Waals surface area contributed by atoms with Gasteiger partial charge >= 0.3 is 0 Å². The topological polar surface area (TPSA) is 30.2 Å². The second-order valence-electron chi connectivity index (χ2n) is 2.47. The zero-order valence-electron chi connectivity index (χ0n) is 7.70. The van der Waals surface area contributed by atoms with Gasteiger partial charge in [-0.3, -0.25) is 4.79 Å². The zero-order chi connectivity index (χ0) is 9.68. The number of thioether (sulfide) groups is 2. The van der Waals surface area contributed by atoms with Crippen LogP contribution in [0.3, 0.4) is 0 Å². The number of carbonyl (C=O) groups excluding carboxylic acids is 1. The monoisotopic (exact) mass is 216 g/mol. The molecule has 0 N–H and O–H groups in total. The molecule has 1 rings (SSSR count). The molecule has 0 saturated carbocycles. The lowest BCUT2D eigenvalue weighted by Gasteiger charge is -1.97. The van der Waals surface area contributed by atoms with Crippen molar-refractivity contribution in [1.29, 1.82) is 0 Å². The lowest BCUT2D eigenvalue weighted by atomic mass is 10.3. The molecule has 1 heterocycles. The van der Waals surface area contributed by atoms with E-state index in [1.807, 2.05) is 19.9 Å². The molecular weight excluding hydrogens is 204 g/mol. The maximum atomic E-state index is 11.1. The van der Waals surface area contributed by atoms with Crippen molar-refractivity contribution in [3.63, 3.8) is 0 Å². The first-order chi connectivity index (χ1) is 6.24. The minimum atomic E-state index is 0.183. The van der Waals surface area contributed by atoms with Crippen LogP contribution in [0.15, 0.2) is 16.7 Å². The largest absolute Gasteiger partial charge is 0.469 e. The van der Waals surface area contributed by atoms with E-state index in [0.717, 1.165) is 17.1 Å². The highest BCUT2D eigenvalue weighted by molar-refractivity contribution is 8.38. The highest BCUT2D eigenvalue weighted by Gasteiger charge is 2.05. The number of furan rings is 1. The van der Waals surface area contributed by atoms with Crippen LogP contribution in [-0.2, 0) is 5.75 Å². The Hall–Kier alpha value is -0.350. The Morgan fingerprint density at radius 1 is 1.54 bits per heavy atom. The molecule has 13 heavy (non-hydrogen) atoms. The molecule has 0 fully saturated rings. The van der Waals surface area contributed by atoms with Gasteiger partial charge in [0.05, 0.1) is 6.26 Å². The van der Waals surface area contributed by atoms with Gasteiger partial charge in [-0.1, -0.05) is 30.4 Å². The Kier molecular flexibility index (Phi) is 4.45. The van der Waals surface area contributed by atoms with Crippen molar-refractivity contribution >= 4 is 28.0 Å². The van der Waals surface area contributed by atoms with E-state index in [2.05, 4.69) is 0 Å². The van der Waals surface area contributed by atoms with Crippen LogP contribution < -0.4 is 0 Å². The van der Waals surface area contributed by atoms with Gasteiger partial charge in [0.15, 0.2) is 0 Å². The van der Waals surface area contributed by atoms with E-state index in [1.54, 1.807) is 6.26 Å². The highest BCUT2D eigenvalue weighted by atomic mass is 32.2. The predicted molar refractivity (Wildman–Crippen MR) is 58.3 cm³/mol. The number of hydrogen-bond donors (Lipinski definition) is 0. The van der Waals surface area contributed by atoms with Gasteiger partial charge in [0, 0.05) is 11.3 Å². The van der Waals surface area contributed by atoms with Crippen molar-refractivity contribution in [2.75, 3.05) is 5.75 Å². The Bertz CT molecular complexity index is 281. The van der Waals surface area contributed by atoms with Crippen molar-refractivity contribution < 1.29 is 9.21 Å². The fraction of sp³-hybridized carbons (Fsp3) is 0.444. The molecule has 0 saturated heterocycles. The second-order valence-corrected chi connectivity index (χ2v) is 4.92. The summed E-state index contributed by atoms with van der Waals surface area (Å²) in [4.78, 5) is 11.1. The minimum absolute atomic E-state index is 0.183. The van der Waals surface area contributed by atoms with Crippen molar-refractivity contribution in [2.45, 2.75) is 19.6 Å². The summed E-state index contributed by atoms with van der Waals surface area (Å²) in [7, 11) is 0. The molecule has 0 radical (unpaired) electrons. The molecule has 2 nitrogen and oxygen atoms in total. The quantitative estimate of drug-likeness (QED) is 0.770. The molecule has 0 amide bonds. The maximum absolute atomic E-state index is 11.1. The normalized spacial score (nSPS) is 10.3. The van der Waals surface area contributed by atoms with E-state index < -0.39 is 0 Å². The fourth-order valence-electron chi connectivity index (χ4n) is 0.857. The summed E-state index contributed by atoms with van der Waals surface area (Å²) < 4.78 is 5.31. The number of carbonyl (C=O) groups is 1. The lowest BCUT2D eigenvalue weighted by molar-refractivity contribution is 0.276. The van der Waals surface area contributed by atoms with Crippen LogP contribution >= 0.6 is 23.5 Å². The highest BCUT2D eigenvalue weighted by Crippen LogP contribution is 2.22. The van der Waals surface area contributed by atoms with Crippen molar-refractivity contribution in [3.8, 4) is 0 Å². The SMILES string of the molecule is CCSC(=O)SCc1ccoc1C. The van der Waals surface area contributed by atoms with Crippen LogP contribution in [-0.4, -0.2) is 10.2 Å². The van der Waals surface area contributed by atoms with E-state index in [1.165, 1.54) is 23.5 Å². The summed E-state index contributed by atoms with van der Waals surface area (Å²) in [6.45, 7) is 3.89. The van der Waals surface area contributed by atoms with Crippen LogP contribution in [0.4, 0.5) is 4.79 Å². The lowest BCUT2D eigenvalue weighted by Crippen LogP contribution is -1.85. The van der Waals surface area contributed by atoms with Crippen LogP contribution in [0.1, 0.15) is 18.2 Å². The second kappa shape index (κ2) is 5.40.